The van der Waals surface area contributed by atoms with Gasteiger partial charge in [0.25, 0.3) is 0 Å². The normalized spacial score (nSPS) is 24.0. The van der Waals surface area contributed by atoms with E-state index in [-0.39, 0.29) is 6.10 Å². The molecule has 0 radical (unpaired) electrons. The van der Waals surface area contributed by atoms with Crippen molar-refractivity contribution in [3.05, 3.63) is 18.3 Å². The molecule has 0 spiro atoms. The molecule has 2 atom stereocenters. The summed E-state index contributed by atoms with van der Waals surface area (Å²) in [6, 6.07) is 4.26. The Morgan fingerprint density at radius 1 is 1.50 bits per heavy atom. The third-order valence-electron chi connectivity index (χ3n) is 3.10. The Kier molecular flexibility index (Phi) is 4.42. The first kappa shape index (κ1) is 13.1. The Labute approximate surface area is 109 Å². The molecule has 0 amide bonds. The molecular formula is C14H22N2O2. The summed E-state index contributed by atoms with van der Waals surface area (Å²) in [5, 5.41) is 3.49. The van der Waals surface area contributed by atoms with E-state index < -0.39 is 0 Å². The maximum atomic E-state index is 5.77. The maximum absolute atomic E-state index is 5.77. The van der Waals surface area contributed by atoms with Crippen LogP contribution in [-0.2, 0) is 4.74 Å². The van der Waals surface area contributed by atoms with Crippen LogP contribution in [0, 0.1) is 5.92 Å². The van der Waals surface area contributed by atoms with E-state index in [1.807, 2.05) is 26.0 Å². The molecule has 0 aromatic carbocycles. The summed E-state index contributed by atoms with van der Waals surface area (Å²) in [5.41, 5.74) is 0. The molecule has 0 saturated carbocycles. The molecule has 1 saturated heterocycles. The lowest BCUT2D eigenvalue weighted by atomic mass is 9.98. The molecule has 100 valence electrons. The Morgan fingerprint density at radius 2 is 2.33 bits per heavy atom. The molecule has 1 aromatic rings. The van der Waals surface area contributed by atoms with Crippen molar-refractivity contribution in [3.8, 4) is 5.75 Å². The van der Waals surface area contributed by atoms with E-state index >= 15 is 0 Å². The first-order valence-corrected chi connectivity index (χ1v) is 6.62. The van der Waals surface area contributed by atoms with Crippen LogP contribution in [0.1, 0.15) is 27.2 Å². The van der Waals surface area contributed by atoms with Gasteiger partial charge in [-0.2, -0.15) is 0 Å². The number of ether oxygens (including phenoxy) is 2. The summed E-state index contributed by atoms with van der Waals surface area (Å²) in [4.78, 5) is 4.38. The zero-order chi connectivity index (χ0) is 13.0. The summed E-state index contributed by atoms with van der Waals surface area (Å²) in [6.07, 6.45) is 2.96. The number of nitrogens with zero attached hydrogens (tertiary/aromatic N) is 1. The van der Waals surface area contributed by atoms with Gasteiger partial charge in [-0.05, 0) is 38.3 Å². The monoisotopic (exact) mass is 250 g/mol. The molecule has 0 aliphatic carbocycles. The SMILES string of the molecule is CC(C)Oc1cccnc1NC1CCOCC1C. The minimum atomic E-state index is 0.155. The van der Waals surface area contributed by atoms with E-state index in [0.29, 0.717) is 12.0 Å². The maximum Gasteiger partial charge on any atom is 0.168 e. The lowest BCUT2D eigenvalue weighted by molar-refractivity contribution is 0.0536. The molecule has 4 heteroatoms. The highest BCUT2D eigenvalue weighted by atomic mass is 16.5. The van der Waals surface area contributed by atoms with Gasteiger partial charge in [-0.3, -0.25) is 0 Å². The number of pyridine rings is 1. The van der Waals surface area contributed by atoms with Gasteiger partial charge >= 0.3 is 0 Å². The van der Waals surface area contributed by atoms with Crippen LogP contribution in [0.15, 0.2) is 18.3 Å². The molecule has 2 rings (SSSR count). The van der Waals surface area contributed by atoms with Crippen LogP contribution >= 0.6 is 0 Å². The van der Waals surface area contributed by atoms with Gasteiger partial charge in [-0.1, -0.05) is 6.92 Å². The summed E-state index contributed by atoms with van der Waals surface area (Å²) >= 11 is 0. The number of nitrogens with one attached hydrogen (secondary N) is 1. The fourth-order valence-corrected chi connectivity index (χ4v) is 2.12. The van der Waals surface area contributed by atoms with Gasteiger partial charge in [0.15, 0.2) is 11.6 Å². The van der Waals surface area contributed by atoms with Gasteiger partial charge in [-0.25, -0.2) is 4.98 Å². The van der Waals surface area contributed by atoms with Crippen molar-refractivity contribution >= 4 is 5.82 Å². The van der Waals surface area contributed by atoms with Gasteiger partial charge < -0.3 is 14.8 Å². The zero-order valence-corrected chi connectivity index (χ0v) is 11.3. The van der Waals surface area contributed by atoms with Crippen molar-refractivity contribution < 1.29 is 9.47 Å². The van der Waals surface area contributed by atoms with Crippen LogP contribution < -0.4 is 10.1 Å². The second-order valence-electron chi connectivity index (χ2n) is 5.11. The minimum Gasteiger partial charge on any atom is -0.487 e. The smallest absolute Gasteiger partial charge is 0.168 e. The molecule has 2 heterocycles. The predicted octanol–water partition coefficient (Wildman–Crippen LogP) is 2.71. The van der Waals surface area contributed by atoms with Gasteiger partial charge in [0.2, 0.25) is 0 Å². The summed E-state index contributed by atoms with van der Waals surface area (Å²) < 4.78 is 11.2. The van der Waals surface area contributed by atoms with Gasteiger partial charge in [0.1, 0.15) is 0 Å². The fraction of sp³-hybridized carbons (Fsp3) is 0.643. The Morgan fingerprint density at radius 3 is 3.06 bits per heavy atom. The van der Waals surface area contributed by atoms with Crippen LogP contribution in [0.2, 0.25) is 0 Å². The summed E-state index contributed by atoms with van der Waals surface area (Å²) in [6.45, 7) is 7.87. The Bertz CT molecular complexity index is 382. The van der Waals surface area contributed by atoms with Crippen LogP contribution in [0.4, 0.5) is 5.82 Å². The highest BCUT2D eigenvalue weighted by Gasteiger charge is 2.23. The zero-order valence-electron chi connectivity index (χ0n) is 11.3. The van der Waals surface area contributed by atoms with Gasteiger partial charge in [0.05, 0.1) is 12.7 Å². The van der Waals surface area contributed by atoms with Crippen LogP contribution in [0.25, 0.3) is 0 Å². The molecule has 1 aromatic heterocycles. The molecular weight excluding hydrogens is 228 g/mol. The topological polar surface area (TPSA) is 43.4 Å². The van der Waals surface area contributed by atoms with Crippen molar-refractivity contribution in [1.82, 2.24) is 4.98 Å². The molecule has 0 bridgehead atoms. The number of hydrogen-bond acceptors (Lipinski definition) is 4. The van der Waals surface area contributed by atoms with E-state index in [0.717, 1.165) is 31.2 Å². The predicted molar refractivity (Wildman–Crippen MR) is 72.0 cm³/mol. The van der Waals surface area contributed by atoms with Crippen molar-refractivity contribution in [2.24, 2.45) is 5.92 Å². The molecule has 1 fully saturated rings. The molecule has 4 nitrogen and oxygen atoms in total. The van der Waals surface area contributed by atoms with E-state index in [9.17, 15) is 0 Å². The van der Waals surface area contributed by atoms with E-state index in [4.69, 9.17) is 9.47 Å². The number of hydrogen-bond donors (Lipinski definition) is 1. The average Bonchev–Trinajstić information content (AvgIpc) is 2.34. The third-order valence-corrected chi connectivity index (χ3v) is 3.10. The van der Waals surface area contributed by atoms with E-state index in [2.05, 4.69) is 17.2 Å². The first-order valence-electron chi connectivity index (χ1n) is 6.62. The molecule has 2 unspecified atom stereocenters. The second-order valence-corrected chi connectivity index (χ2v) is 5.11. The van der Waals surface area contributed by atoms with Crippen molar-refractivity contribution in [2.45, 2.75) is 39.3 Å². The Hall–Kier alpha value is -1.29. The quantitative estimate of drug-likeness (QED) is 0.892. The summed E-state index contributed by atoms with van der Waals surface area (Å²) in [7, 11) is 0. The molecule has 1 N–H and O–H groups in total. The highest BCUT2D eigenvalue weighted by molar-refractivity contribution is 5.50. The van der Waals surface area contributed by atoms with Crippen LogP contribution in [-0.4, -0.2) is 30.3 Å². The largest absolute Gasteiger partial charge is 0.487 e. The van der Waals surface area contributed by atoms with E-state index in [1.54, 1.807) is 6.20 Å². The number of aromatic nitrogens is 1. The van der Waals surface area contributed by atoms with Crippen molar-refractivity contribution in [3.63, 3.8) is 0 Å². The van der Waals surface area contributed by atoms with Crippen LogP contribution in [0.3, 0.4) is 0 Å². The average molecular weight is 250 g/mol. The third kappa shape index (κ3) is 3.35. The molecule has 18 heavy (non-hydrogen) atoms. The Balaban J connectivity index is 2.07. The first-order chi connectivity index (χ1) is 8.66. The number of anilines is 1. The van der Waals surface area contributed by atoms with Crippen molar-refractivity contribution in [1.29, 1.82) is 0 Å². The number of rotatable bonds is 4. The highest BCUT2D eigenvalue weighted by Crippen LogP contribution is 2.26. The van der Waals surface area contributed by atoms with Gasteiger partial charge in [-0.15, -0.1) is 0 Å². The van der Waals surface area contributed by atoms with Crippen molar-refractivity contribution in [2.75, 3.05) is 18.5 Å². The standard InChI is InChI=1S/C14H22N2O2/c1-10(2)18-13-5-4-7-15-14(13)16-12-6-8-17-9-11(12)3/h4-5,7,10-12H,6,8-9H2,1-3H3,(H,15,16). The molecule has 1 aliphatic rings. The van der Waals surface area contributed by atoms with E-state index in [1.165, 1.54) is 0 Å². The fourth-order valence-electron chi connectivity index (χ4n) is 2.12. The molecule has 1 aliphatic heterocycles. The lowest BCUT2D eigenvalue weighted by Crippen LogP contribution is -2.36. The van der Waals surface area contributed by atoms with Crippen LogP contribution in [0.5, 0.6) is 5.75 Å². The summed E-state index contributed by atoms with van der Waals surface area (Å²) in [5.74, 6) is 2.16. The lowest BCUT2D eigenvalue weighted by Gasteiger charge is -2.30. The van der Waals surface area contributed by atoms with Gasteiger partial charge in [0, 0.05) is 18.8 Å². The second kappa shape index (κ2) is 6.05. The minimum absolute atomic E-state index is 0.155.